The van der Waals surface area contributed by atoms with E-state index in [9.17, 15) is 18.0 Å². The minimum atomic E-state index is -4.58. The van der Waals surface area contributed by atoms with Gasteiger partial charge >= 0.3 is 6.18 Å². The zero-order valence-electron chi connectivity index (χ0n) is 21.9. The maximum Gasteiger partial charge on any atom is 0.416 e. The van der Waals surface area contributed by atoms with Crippen LogP contribution in [0.4, 0.5) is 30.4 Å². The van der Waals surface area contributed by atoms with Crippen molar-refractivity contribution >= 4 is 34.1 Å². The average molecular weight is 539 g/mol. The van der Waals surface area contributed by atoms with Crippen molar-refractivity contribution in [3.05, 3.63) is 71.2 Å². The number of piperazine rings is 1. The van der Waals surface area contributed by atoms with Crippen molar-refractivity contribution in [3.63, 3.8) is 0 Å². The molecular weight excluding hydrogens is 509 g/mol. The number of likely N-dealkylation sites (N-methyl/N-ethyl adjacent to an activating group) is 1. The highest BCUT2D eigenvalue weighted by atomic mass is 19.4. The zero-order valence-corrected chi connectivity index (χ0v) is 21.9. The summed E-state index contributed by atoms with van der Waals surface area (Å²) in [5.74, 6) is -0.0800. The molecule has 2 N–H and O–H groups in total. The Morgan fingerprint density at radius 2 is 1.79 bits per heavy atom. The van der Waals surface area contributed by atoms with Gasteiger partial charge in [-0.25, -0.2) is 9.97 Å². The van der Waals surface area contributed by atoms with Gasteiger partial charge in [-0.3, -0.25) is 14.4 Å². The highest BCUT2D eigenvalue weighted by Gasteiger charge is 2.34. The molecule has 39 heavy (non-hydrogen) atoms. The summed E-state index contributed by atoms with van der Waals surface area (Å²) < 4.78 is 43.5. The molecule has 0 aliphatic carbocycles. The van der Waals surface area contributed by atoms with Crippen LogP contribution >= 0.6 is 0 Å². The number of fused-ring (bicyclic) bond motifs is 1. The molecule has 2 aromatic heterocycles. The number of carbonyl (C=O) groups is 1. The van der Waals surface area contributed by atoms with Gasteiger partial charge in [0.1, 0.15) is 12.1 Å². The van der Waals surface area contributed by atoms with Gasteiger partial charge < -0.3 is 15.5 Å². The lowest BCUT2D eigenvalue weighted by Gasteiger charge is -2.33. The van der Waals surface area contributed by atoms with Crippen LogP contribution in [0.15, 0.2) is 48.9 Å². The second kappa shape index (κ2) is 10.6. The maximum absolute atomic E-state index is 14.0. The molecule has 4 aromatic rings. The molecule has 1 fully saturated rings. The van der Waals surface area contributed by atoms with E-state index in [1.165, 1.54) is 18.5 Å². The average Bonchev–Trinajstić information content (AvgIpc) is 3.28. The smallest absolute Gasteiger partial charge is 0.339 e. The van der Waals surface area contributed by atoms with Crippen molar-refractivity contribution < 1.29 is 18.0 Å². The highest BCUT2D eigenvalue weighted by Crippen LogP contribution is 2.34. The number of nitrogens with one attached hydrogen (secondary N) is 2. The first-order valence-electron chi connectivity index (χ1n) is 12.5. The van der Waals surface area contributed by atoms with Crippen LogP contribution in [0.3, 0.4) is 0 Å². The summed E-state index contributed by atoms with van der Waals surface area (Å²) in [6, 6.07) is 9.01. The third kappa shape index (κ3) is 5.86. The van der Waals surface area contributed by atoms with E-state index in [-0.39, 0.29) is 17.7 Å². The minimum absolute atomic E-state index is 0.0626. The summed E-state index contributed by atoms with van der Waals surface area (Å²) in [4.78, 5) is 25.7. The minimum Gasteiger partial charge on any atom is -0.339 e. The number of hydrogen-bond acceptors (Lipinski definition) is 7. The monoisotopic (exact) mass is 538 g/mol. The predicted molar refractivity (Wildman–Crippen MR) is 143 cm³/mol. The molecule has 2 aromatic carbocycles. The molecule has 0 unspecified atom stereocenters. The van der Waals surface area contributed by atoms with Crippen LogP contribution in [0.25, 0.3) is 11.0 Å². The summed E-state index contributed by atoms with van der Waals surface area (Å²) in [5.41, 5.74) is 1.96. The first kappa shape index (κ1) is 26.6. The van der Waals surface area contributed by atoms with E-state index >= 15 is 0 Å². The Labute approximate surface area is 223 Å². The Morgan fingerprint density at radius 3 is 2.54 bits per heavy atom. The van der Waals surface area contributed by atoms with Crippen LogP contribution in [-0.2, 0) is 19.8 Å². The standard InChI is InChI=1S/C27H29F3N8O/c1-17-4-7-20(13-23(17)35-24-21-14-33-37(3)25(21)32-16-31-24)34-26(39)18-5-6-19(22(12-18)27(28,29)30)15-38-10-8-36(2)9-11-38/h4-7,12-14,16H,8-11,15H2,1-3H3,(H,34,39)(H,31,32,35). The van der Waals surface area contributed by atoms with Crippen LogP contribution in [0.5, 0.6) is 0 Å². The van der Waals surface area contributed by atoms with E-state index in [2.05, 4.69) is 30.6 Å². The number of halogens is 3. The van der Waals surface area contributed by atoms with Gasteiger partial charge in [-0.15, -0.1) is 0 Å². The van der Waals surface area contributed by atoms with E-state index in [0.29, 0.717) is 35.9 Å². The Hall–Kier alpha value is -4.03. The number of alkyl halides is 3. The van der Waals surface area contributed by atoms with Crippen molar-refractivity contribution in [1.82, 2.24) is 29.5 Å². The molecule has 0 bridgehead atoms. The molecule has 12 heteroatoms. The maximum atomic E-state index is 14.0. The number of aryl methyl sites for hydroxylation is 2. The number of carbonyl (C=O) groups excluding carboxylic acids is 1. The Morgan fingerprint density at radius 1 is 1.03 bits per heavy atom. The van der Waals surface area contributed by atoms with E-state index in [1.54, 1.807) is 36.1 Å². The Kier molecular flexibility index (Phi) is 7.23. The van der Waals surface area contributed by atoms with Gasteiger partial charge in [0.15, 0.2) is 5.65 Å². The van der Waals surface area contributed by atoms with Crippen LogP contribution in [0.1, 0.15) is 27.0 Å². The number of anilines is 3. The number of rotatable bonds is 6. The second-order valence-electron chi connectivity index (χ2n) is 9.79. The van der Waals surface area contributed by atoms with Gasteiger partial charge in [0.2, 0.25) is 0 Å². The zero-order chi connectivity index (χ0) is 27.7. The van der Waals surface area contributed by atoms with Crippen LogP contribution in [-0.4, -0.2) is 68.7 Å². The summed E-state index contributed by atoms with van der Waals surface area (Å²) in [7, 11) is 3.78. The molecule has 3 heterocycles. The first-order valence-corrected chi connectivity index (χ1v) is 12.5. The topological polar surface area (TPSA) is 91.2 Å². The second-order valence-corrected chi connectivity index (χ2v) is 9.79. The molecule has 204 valence electrons. The lowest BCUT2D eigenvalue weighted by atomic mass is 10.0. The highest BCUT2D eigenvalue weighted by molar-refractivity contribution is 6.04. The van der Waals surface area contributed by atoms with Gasteiger partial charge in [-0.2, -0.15) is 18.3 Å². The fourth-order valence-electron chi connectivity index (χ4n) is 4.59. The van der Waals surface area contributed by atoms with Crippen LogP contribution in [0.2, 0.25) is 0 Å². The molecule has 5 rings (SSSR count). The number of nitrogens with zero attached hydrogens (tertiary/aromatic N) is 6. The third-order valence-electron chi connectivity index (χ3n) is 6.95. The lowest BCUT2D eigenvalue weighted by Crippen LogP contribution is -2.44. The fourth-order valence-corrected chi connectivity index (χ4v) is 4.59. The molecule has 1 amide bonds. The number of benzene rings is 2. The summed E-state index contributed by atoms with van der Waals surface area (Å²) >= 11 is 0. The molecule has 1 saturated heterocycles. The Balaban J connectivity index is 1.35. The van der Waals surface area contributed by atoms with E-state index in [4.69, 9.17) is 0 Å². The van der Waals surface area contributed by atoms with Crippen molar-refractivity contribution in [2.75, 3.05) is 43.9 Å². The van der Waals surface area contributed by atoms with Crippen molar-refractivity contribution in [1.29, 1.82) is 0 Å². The summed E-state index contributed by atoms with van der Waals surface area (Å²) in [5, 5.41) is 10.9. The summed E-state index contributed by atoms with van der Waals surface area (Å²) in [6.07, 6.45) is -1.49. The van der Waals surface area contributed by atoms with Crippen LogP contribution in [0, 0.1) is 6.92 Å². The Bertz CT molecular complexity index is 1510. The van der Waals surface area contributed by atoms with Crippen molar-refractivity contribution in [2.24, 2.45) is 7.05 Å². The molecule has 0 atom stereocenters. The molecule has 1 aliphatic heterocycles. The van der Waals surface area contributed by atoms with E-state index in [1.807, 2.05) is 18.9 Å². The van der Waals surface area contributed by atoms with Gasteiger partial charge in [0, 0.05) is 56.7 Å². The SMILES string of the molecule is Cc1ccc(NC(=O)c2ccc(CN3CCN(C)CC3)c(C(F)(F)F)c2)cc1Nc1ncnc2c1cnn2C. The predicted octanol–water partition coefficient (Wildman–Crippen LogP) is 4.43. The summed E-state index contributed by atoms with van der Waals surface area (Å²) in [6.45, 7) is 5.08. The fraction of sp³-hybridized carbons (Fsp3) is 0.333. The molecule has 0 saturated carbocycles. The molecule has 0 spiro atoms. The number of hydrogen-bond donors (Lipinski definition) is 2. The van der Waals surface area contributed by atoms with Gasteiger partial charge in [-0.1, -0.05) is 12.1 Å². The van der Waals surface area contributed by atoms with Gasteiger partial charge in [-0.05, 0) is 49.4 Å². The van der Waals surface area contributed by atoms with Crippen LogP contribution < -0.4 is 10.6 Å². The molecule has 0 radical (unpaired) electrons. The van der Waals surface area contributed by atoms with Crippen molar-refractivity contribution in [3.8, 4) is 0 Å². The molecule has 1 aliphatic rings. The lowest BCUT2D eigenvalue weighted by molar-refractivity contribution is -0.138. The normalized spacial score (nSPS) is 15.0. The number of amides is 1. The van der Waals surface area contributed by atoms with Gasteiger partial charge in [0.05, 0.1) is 17.1 Å². The molecular formula is C27H29F3N8O. The molecule has 9 nitrogen and oxygen atoms in total. The third-order valence-corrected chi connectivity index (χ3v) is 6.95. The largest absolute Gasteiger partial charge is 0.416 e. The van der Waals surface area contributed by atoms with E-state index in [0.717, 1.165) is 30.1 Å². The van der Waals surface area contributed by atoms with Gasteiger partial charge in [0.25, 0.3) is 5.91 Å². The quantitative estimate of drug-likeness (QED) is 0.375. The number of aromatic nitrogens is 4. The van der Waals surface area contributed by atoms with Crippen molar-refractivity contribution in [2.45, 2.75) is 19.6 Å². The first-order chi connectivity index (χ1) is 18.6. The van der Waals surface area contributed by atoms with E-state index < -0.39 is 17.6 Å².